The van der Waals surface area contributed by atoms with Gasteiger partial charge in [0.25, 0.3) is 5.56 Å². The molecule has 3 N–H and O–H groups in total. The number of H-pyrrole nitrogens is 1. The number of halogens is 1. The molecule has 28 heavy (non-hydrogen) atoms. The summed E-state index contributed by atoms with van der Waals surface area (Å²) in [4.78, 5) is 22.4. The van der Waals surface area contributed by atoms with Gasteiger partial charge >= 0.3 is 0 Å². The highest BCUT2D eigenvalue weighted by molar-refractivity contribution is 7.47. The predicted octanol–water partition coefficient (Wildman–Crippen LogP) is 2.82. The third-order valence-corrected chi connectivity index (χ3v) is 5.87. The van der Waals surface area contributed by atoms with Crippen LogP contribution in [-0.2, 0) is 20.3 Å². The Labute approximate surface area is 166 Å². The van der Waals surface area contributed by atoms with Gasteiger partial charge in [0.2, 0.25) is 5.95 Å². The fourth-order valence-electron chi connectivity index (χ4n) is 2.90. The minimum Gasteiger partial charge on any atom is -0.370 e. The normalized spacial score (nSPS) is 19.9. The van der Waals surface area contributed by atoms with Gasteiger partial charge in [0.15, 0.2) is 19.5 Å². The number of nitrogens with two attached hydrogens (primary N) is 1. The van der Waals surface area contributed by atoms with Crippen molar-refractivity contribution in [3.63, 3.8) is 0 Å². The second kappa shape index (κ2) is 8.55. The van der Waals surface area contributed by atoms with Crippen molar-refractivity contribution in [2.75, 3.05) is 25.3 Å². The molecule has 1 aromatic carbocycles. The van der Waals surface area contributed by atoms with Crippen LogP contribution in [0.4, 0.5) is 5.95 Å². The van der Waals surface area contributed by atoms with Gasteiger partial charge in [0, 0.05) is 18.0 Å². The highest BCUT2D eigenvalue weighted by Crippen LogP contribution is 2.48. The average molecular weight is 424 g/mol. The number of fused-ring (bicyclic) bond motifs is 1. The number of nitrogens with one attached hydrogen (secondary N) is 1. The number of ether oxygens (including phenoxy) is 1. The molecule has 2 unspecified atom stereocenters. The third-order valence-electron chi connectivity index (χ3n) is 4.27. The Bertz CT molecular complexity index is 1010. The summed E-state index contributed by atoms with van der Waals surface area (Å²) in [5.74, 6) is 0.0564. The van der Waals surface area contributed by atoms with E-state index in [2.05, 4.69) is 15.0 Å². The fraction of sp³-hybridized carbons (Fsp3) is 0.353. The Kier molecular flexibility index (Phi) is 5.89. The summed E-state index contributed by atoms with van der Waals surface area (Å²) in [5.41, 5.74) is 7.01. The predicted molar refractivity (Wildman–Crippen MR) is 106 cm³/mol. The van der Waals surface area contributed by atoms with Gasteiger partial charge in [-0.25, -0.2) is 4.98 Å². The van der Waals surface area contributed by atoms with Crippen LogP contribution in [0.15, 0.2) is 35.4 Å². The minimum absolute atomic E-state index is 0.0165. The maximum absolute atomic E-state index is 11.8. The minimum atomic E-state index is -1.13. The van der Waals surface area contributed by atoms with E-state index in [1.165, 1.54) is 0 Å². The van der Waals surface area contributed by atoms with Gasteiger partial charge in [-0.2, -0.15) is 4.98 Å². The lowest BCUT2D eigenvalue weighted by atomic mass is 10.1. The number of aromatic nitrogens is 4. The zero-order chi connectivity index (χ0) is 19.5. The van der Waals surface area contributed by atoms with Crippen molar-refractivity contribution in [3.05, 3.63) is 51.5 Å². The summed E-state index contributed by atoms with van der Waals surface area (Å²) in [6, 6.07) is 7.65. The van der Waals surface area contributed by atoms with Crippen LogP contribution in [-0.4, -0.2) is 39.1 Å². The molecule has 1 aliphatic heterocycles. The largest absolute Gasteiger partial charge is 0.370 e. The maximum atomic E-state index is 11.8. The van der Waals surface area contributed by atoms with E-state index >= 15 is 0 Å². The van der Waals surface area contributed by atoms with Gasteiger partial charge in [-0.1, -0.05) is 23.7 Å². The molecule has 1 fully saturated rings. The van der Waals surface area contributed by atoms with E-state index < -0.39 is 8.38 Å². The summed E-state index contributed by atoms with van der Waals surface area (Å²) >= 11 is 5.94. The Balaban J connectivity index is 1.29. The van der Waals surface area contributed by atoms with Crippen molar-refractivity contribution in [3.8, 4) is 0 Å². The Hall–Kier alpha value is -2.03. The van der Waals surface area contributed by atoms with Crippen LogP contribution in [0.1, 0.15) is 18.1 Å². The molecule has 2 atom stereocenters. The van der Waals surface area contributed by atoms with E-state index in [1.807, 2.05) is 24.3 Å². The molecule has 148 valence electrons. The summed E-state index contributed by atoms with van der Waals surface area (Å²) in [7, 11) is -1.13. The molecule has 1 saturated heterocycles. The average Bonchev–Trinajstić information content (AvgIpc) is 3.09. The van der Waals surface area contributed by atoms with Gasteiger partial charge in [0.1, 0.15) is 6.35 Å². The van der Waals surface area contributed by atoms with Crippen molar-refractivity contribution in [1.29, 1.82) is 0 Å². The lowest BCUT2D eigenvalue weighted by Crippen LogP contribution is -2.15. The van der Waals surface area contributed by atoms with Crippen molar-refractivity contribution < 1.29 is 13.8 Å². The molecule has 0 radical (unpaired) electrons. The molecule has 4 rings (SSSR count). The SMILES string of the molecule is Nc1nc2c(ncn2CCOCP2OCCC(c3ccc(Cl)cc3)O2)c(=O)[nH]1. The van der Waals surface area contributed by atoms with Crippen LogP contribution in [0.5, 0.6) is 0 Å². The number of hydrogen-bond acceptors (Lipinski definition) is 7. The topological polar surface area (TPSA) is 117 Å². The molecule has 0 amide bonds. The number of nitrogens with zero attached hydrogens (tertiary/aromatic N) is 3. The van der Waals surface area contributed by atoms with Gasteiger partial charge in [-0.05, 0) is 17.7 Å². The van der Waals surface area contributed by atoms with Crippen LogP contribution in [0.3, 0.4) is 0 Å². The number of hydrogen-bond donors (Lipinski definition) is 2. The Morgan fingerprint density at radius 3 is 3.04 bits per heavy atom. The number of benzene rings is 1. The van der Waals surface area contributed by atoms with Crippen molar-refractivity contribution in [2.45, 2.75) is 19.1 Å². The molecular formula is C17H19ClN5O4P. The van der Waals surface area contributed by atoms with E-state index in [9.17, 15) is 4.79 Å². The zero-order valence-corrected chi connectivity index (χ0v) is 16.5. The molecule has 3 heterocycles. The van der Waals surface area contributed by atoms with Crippen LogP contribution >= 0.6 is 20.0 Å². The quantitative estimate of drug-likeness (QED) is 0.462. The number of aromatic amines is 1. The monoisotopic (exact) mass is 423 g/mol. The summed E-state index contributed by atoms with van der Waals surface area (Å²) < 4.78 is 19.2. The maximum Gasteiger partial charge on any atom is 0.280 e. The summed E-state index contributed by atoms with van der Waals surface area (Å²) in [6.45, 7) is 1.51. The molecular weight excluding hydrogens is 405 g/mol. The van der Waals surface area contributed by atoms with Crippen molar-refractivity contribution >= 4 is 37.1 Å². The van der Waals surface area contributed by atoms with E-state index in [-0.39, 0.29) is 23.1 Å². The molecule has 11 heteroatoms. The van der Waals surface area contributed by atoms with E-state index in [4.69, 9.17) is 31.1 Å². The van der Waals surface area contributed by atoms with Gasteiger partial charge in [-0.3, -0.25) is 9.78 Å². The van der Waals surface area contributed by atoms with E-state index in [0.29, 0.717) is 36.8 Å². The van der Waals surface area contributed by atoms with Crippen LogP contribution in [0.25, 0.3) is 11.2 Å². The first-order valence-corrected chi connectivity index (χ1v) is 10.5. The van der Waals surface area contributed by atoms with Gasteiger partial charge < -0.3 is 24.1 Å². The number of imidazole rings is 1. The summed E-state index contributed by atoms with van der Waals surface area (Å²) in [5, 5.41) is 0.701. The first-order chi connectivity index (χ1) is 13.6. The highest BCUT2D eigenvalue weighted by Gasteiger charge is 2.25. The molecule has 3 aromatic rings. The lowest BCUT2D eigenvalue weighted by molar-refractivity contribution is 0.0820. The van der Waals surface area contributed by atoms with Gasteiger partial charge in [0.05, 0.1) is 25.6 Å². The highest BCUT2D eigenvalue weighted by atomic mass is 35.5. The van der Waals surface area contributed by atoms with Gasteiger partial charge in [-0.15, -0.1) is 0 Å². The Morgan fingerprint density at radius 1 is 1.39 bits per heavy atom. The van der Waals surface area contributed by atoms with Crippen LogP contribution in [0, 0.1) is 0 Å². The second-order valence-electron chi connectivity index (χ2n) is 6.20. The Morgan fingerprint density at radius 2 is 2.21 bits per heavy atom. The van der Waals surface area contributed by atoms with Crippen molar-refractivity contribution in [2.24, 2.45) is 0 Å². The molecule has 1 aliphatic rings. The zero-order valence-electron chi connectivity index (χ0n) is 14.9. The molecule has 0 saturated carbocycles. The molecule has 0 aliphatic carbocycles. The number of anilines is 1. The van der Waals surface area contributed by atoms with Crippen LogP contribution in [0.2, 0.25) is 5.02 Å². The third kappa shape index (κ3) is 4.34. The van der Waals surface area contributed by atoms with E-state index in [0.717, 1.165) is 12.0 Å². The summed E-state index contributed by atoms with van der Waals surface area (Å²) in [6.07, 6.45) is 2.69. The standard InChI is InChI=1S/C17H19ClN5O4P/c18-12-3-1-11(2-4-12)13-5-7-26-28(27-13)10-25-8-6-23-9-20-14-15(23)21-17(19)22-16(14)24/h1-4,9,13H,5-8,10H2,(H3,19,21,22,24). The van der Waals surface area contributed by atoms with Crippen molar-refractivity contribution in [1.82, 2.24) is 19.5 Å². The smallest absolute Gasteiger partial charge is 0.280 e. The second-order valence-corrected chi connectivity index (χ2v) is 8.03. The molecule has 0 bridgehead atoms. The first kappa shape index (κ1) is 19.3. The fourth-order valence-corrected chi connectivity index (χ4v) is 4.32. The molecule has 2 aromatic heterocycles. The first-order valence-electron chi connectivity index (χ1n) is 8.71. The van der Waals surface area contributed by atoms with E-state index in [1.54, 1.807) is 10.9 Å². The van der Waals surface area contributed by atoms with Crippen LogP contribution < -0.4 is 11.3 Å². The lowest BCUT2D eigenvalue weighted by Gasteiger charge is -2.29. The number of rotatable bonds is 6. The molecule has 9 nitrogen and oxygen atoms in total. The molecule has 0 spiro atoms. The number of nitrogen functional groups attached to an aromatic ring is 1.